The van der Waals surface area contributed by atoms with Gasteiger partial charge in [-0.1, -0.05) is 18.9 Å². The van der Waals surface area contributed by atoms with Gasteiger partial charge in [-0.3, -0.25) is 0 Å². The van der Waals surface area contributed by atoms with E-state index in [0.717, 1.165) is 24.8 Å². The van der Waals surface area contributed by atoms with Crippen LogP contribution in [-0.4, -0.2) is 29.0 Å². The quantitative estimate of drug-likeness (QED) is 0.593. The molecule has 3 nitrogen and oxygen atoms in total. The Balaban J connectivity index is 2.53. The molecule has 0 fully saturated rings. The average Bonchev–Trinajstić information content (AvgIpc) is 2.15. The van der Waals surface area contributed by atoms with Crippen molar-refractivity contribution in [1.29, 1.82) is 0 Å². The van der Waals surface area contributed by atoms with E-state index in [0.29, 0.717) is 0 Å². The molecule has 0 radical (unpaired) electrons. The second-order valence-corrected chi connectivity index (χ2v) is 4.02. The standard InChI is InChI=1S/C11H21NO2/c12-10(8-13)11(14)9-6-4-2-1-3-5-7-9/h6,10-11,13-14H,1-5,7-8,12H2/t10-,11+/m0/s1. The van der Waals surface area contributed by atoms with Gasteiger partial charge in [-0.25, -0.2) is 0 Å². The van der Waals surface area contributed by atoms with Gasteiger partial charge in [-0.15, -0.1) is 0 Å². The van der Waals surface area contributed by atoms with Gasteiger partial charge >= 0.3 is 0 Å². The Morgan fingerprint density at radius 2 is 2.00 bits per heavy atom. The SMILES string of the molecule is N[C@@H](CO)[C@H](O)C1=CCCCCCC1. The molecule has 0 amide bonds. The molecule has 2 atom stereocenters. The first kappa shape index (κ1) is 11.7. The van der Waals surface area contributed by atoms with Gasteiger partial charge in [0.15, 0.2) is 0 Å². The van der Waals surface area contributed by atoms with Crippen molar-refractivity contribution in [2.24, 2.45) is 5.73 Å². The summed E-state index contributed by atoms with van der Waals surface area (Å²) in [6.07, 6.45) is 8.24. The summed E-state index contributed by atoms with van der Waals surface area (Å²) >= 11 is 0. The predicted octanol–water partition coefficient (Wildman–Crippen LogP) is 0.947. The maximum absolute atomic E-state index is 9.81. The van der Waals surface area contributed by atoms with Crippen LogP contribution in [0.2, 0.25) is 0 Å². The summed E-state index contributed by atoms with van der Waals surface area (Å²) in [6, 6.07) is -0.527. The van der Waals surface area contributed by atoms with E-state index >= 15 is 0 Å². The Bertz CT molecular complexity index is 192. The van der Waals surface area contributed by atoms with Gasteiger partial charge in [0, 0.05) is 0 Å². The van der Waals surface area contributed by atoms with Crippen molar-refractivity contribution >= 4 is 0 Å². The van der Waals surface area contributed by atoms with Crippen LogP contribution in [0.3, 0.4) is 0 Å². The zero-order valence-corrected chi connectivity index (χ0v) is 8.65. The smallest absolute Gasteiger partial charge is 0.0923 e. The van der Waals surface area contributed by atoms with Gasteiger partial charge in [0.1, 0.15) is 0 Å². The first-order valence-corrected chi connectivity index (χ1v) is 5.49. The monoisotopic (exact) mass is 199 g/mol. The van der Waals surface area contributed by atoms with E-state index in [9.17, 15) is 5.11 Å². The summed E-state index contributed by atoms with van der Waals surface area (Å²) in [5.41, 5.74) is 6.62. The topological polar surface area (TPSA) is 66.5 Å². The van der Waals surface area contributed by atoms with E-state index in [1.165, 1.54) is 19.3 Å². The van der Waals surface area contributed by atoms with Crippen LogP contribution in [-0.2, 0) is 0 Å². The lowest BCUT2D eigenvalue weighted by molar-refractivity contribution is 0.132. The summed E-state index contributed by atoms with van der Waals surface area (Å²) in [5, 5.41) is 18.7. The highest BCUT2D eigenvalue weighted by Crippen LogP contribution is 2.20. The summed E-state index contributed by atoms with van der Waals surface area (Å²) < 4.78 is 0. The minimum atomic E-state index is -0.655. The van der Waals surface area contributed by atoms with Crippen molar-refractivity contribution < 1.29 is 10.2 Å². The van der Waals surface area contributed by atoms with E-state index in [4.69, 9.17) is 10.8 Å². The molecular weight excluding hydrogens is 178 g/mol. The fraction of sp³-hybridized carbons (Fsp3) is 0.818. The van der Waals surface area contributed by atoms with Crippen LogP contribution < -0.4 is 5.73 Å². The molecule has 0 heterocycles. The number of allylic oxidation sites excluding steroid dienone is 1. The van der Waals surface area contributed by atoms with Crippen molar-refractivity contribution in [2.75, 3.05) is 6.61 Å². The molecule has 82 valence electrons. The van der Waals surface area contributed by atoms with Gasteiger partial charge in [0.05, 0.1) is 18.8 Å². The first-order chi connectivity index (χ1) is 6.75. The van der Waals surface area contributed by atoms with Crippen LogP contribution in [0, 0.1) is 0 Å². The Labute approximate surface area is 85.6 Å². The fourth-order valence-corrected chi connectivity index (χ4v) is 1.86. The molecule has 0 aliphatic heterocycles. The molecular formula is C11H21NO2. The molecule has 0 unspecified atom stereocenters. The summed E-state index contributed by atoms with van der Waals surface area (Å²) in [7, 11) is 0. The van der Waals surface area contributed by atoms with Crippen LogP contribution in [0.1, 0.15) is 38.5 Å². The van der Waals surface area contributed by atoms with E-state index in [1.807, 2.05) is 0 Å². The zero-order valence-electron chi connectivity index (χ0n) is 8.65. The van der Waals surface area contributed by atoms with Crippen LogP contribution in [0.15, 0.2) is 11.6 Å². The van der Waals surface area contributed by atoms with Crippen molar-refractivity contribution in [1.82, 2.24) is 0 Å². The highest BCUT2D eigenvalue weighted by Gasteiger charge is 2.18. The third-order valence-corrected chi connectivity index (χ3v) is 2.82. The number of aliphatic hydroxyl groups is 2. The van der Waals surface area contributed by atoms with Crippen molar-refractivity contribution in [2.45, 2.75) is 50.7 Å². The van der Waals surface area contributed by atoms with Crippen LogP contribution in [0.5, 0.6) is 0 Å². The lowest BCUT2D eigenvalue weighted by Gasteiger charge is -2.21. The van der Waals surface area contributed by atoms with Crippen LogP contribution >= 0.6 is 0 Å². The number of rotatable bonds is 3. The molecule has 0 saturated heterocycles. The molecule has 0 aromatic heterocycles. The van der Waals surface area contributed by atoms with Crippen LogP contribution in [0.25, 0.3) is 0 Å². The van der Waals surface area contributed by atoms with Crippen LogP contribution in [0.4, 0.5) is 0 Å². The number of aliphatic hydroxyl groups excluding tert-OH is 2. The van der Waals surface area contributed by atoms with Crippen molar-refractivity contribution in [3.63, 3.8) is 0 Å². The number of hydrogen-bond donors (Lipinski definition) is 3. The lowest BCUT2D eigenvalue weighted by atomic mass is 9.93. The predicted molar refractivity (Wildman–Crippen MR) is 56.9 cm³/mol. The Hall–Kier alpha value is -0.380. The molecule has 0 spiro atoms. The fourth-order valence-electron chi connectivity index (χ4n) is 1.86. The first-order valence-electron chi connectivity index (χ1n) is 5.49. The maximum Gasteiger partial charge on any atom is 0.0923 e. The highest BCUT2D eigenvalue weighted by atomic mass is 16.3. The van der Waals surface area contributed by atoms with Crippen molar-refractivity contribution in [3.05, 3.63) is 11.6 Å². The van der Waals surface area contributed by atoms with Gasteiger partial charge in [-0.2, -0.15) is 0 Å². The van der Waals surface area contributed by atoms with Gasteiger partial charge < -0.3 is 15.9 Å². The molecule has 1 rings (SSSR count). The van der Waals surface area contributed by atoms with Gasteiger partial charge in [-0.05, 0) is 31.3 Å². The molecule has 4 N–H and O–H groups in total. The second kappa shape index (κ2) is 6.17. The Morgan fingerprint density at radius 3 is 2.71 bits per heavy atom. The van der Waals surface area contributed by atoms with E-state index in [2.05, 4.69) is 6.08 Å². The molecule has 0 saturated carbocycles. The molecule has 0 aromatic rings. The zero-order chi connectivity index (χ0) is 10.4. The maximum atomic E-state index is 9.81. The molecule has 14 heavy (non-hydrogen) atoms. The minimum absolute atomic E-state index is 0.154. The number of nitrogens with two attached hydrogens (primary N) is 1. The lowest BCUT2D eigenvalue weighted by Crippen LogP contribution is -2.39. The largest absolute Gasteiger partial charge is 0.395 e. The molecule has 0 aromatic carbocycles. The summed E-state index contributed by atoms with van der Waals surface area (Å²) in [4.78, 5) is 0. The third kappa shape index (κ3) is 3.40. The second-order valence-electron chi connectivity index (χ2n) is 4.02. The minimum Gasteiger partial charge on any atom is -0.395 e. The Kier molecular flexibility index (Phi) is 5.15. The molecule has 1 aliphatic rings. The van der Waals surface area contributed by atoms with Crippen molar-refractivity contribution in [3.8, 4) is 0 Å². The third-order valence-electron chi connectivity index (χ3n) is 2.82. The molecule has 0 bridgehead atoms. The molecule has 3 heteroatoms. The normalized spacial score (nSPS) is 23.2. The average molecular weight is 199 g/mol. The van der Waals surface area contributed by atoms with Gasteiger partial charge in [0.25, 0.3) is 0 Å². The highest BCUT2D eigenvalue weighted by molar-refractivity contribution is 5.11. The molecule has 1 aliphatic carbocycles. The number of hydrogen-bond acceptors (Lipinski definition) is 3. The van der Waals surface area contributed by atoms with E-state index in [-0.39, 0.29) is 6.61 Å². The summed E-state index contributed by atoms with van der Waals surface area (Å²) in [6.45, 7) is -0.154. The Morgan fingerprint density at radius 1 is 1.29 bits per heavy atom. The van der Waals surface area contributed by atoms with E-state index in [1.54, 1.807) is 0 Å². The summed E-state index contributed by atoms with van der Waals surface area (Å²) in [5.74, 6) is 0. The van der Waals surface area contributed by atoms with Gasteiger partial charge in [0.2, 0.25) is 0 Å². The van der Waals surface area contributed by atoms with E-state index < -0.39 is 12.1 Å².